The highest BCUT2D eigenvalue weighted by Crippen LogP contribution is 2.19. The number of carbonyl (C=O) groups is 2. The molecule has 20 heavy (non-hydrogen) atoms. The molecule has 0 aliphatic carbocycles. The van der Waals surface area contributed by atoms with Crippen LogP contribution in [0.15, 0.2) is 34.7 Å². The Bertz CT molecular complexity index is 725. The van der Waals surface area contributed by atoms with Gasteiger partial charge in [-0.05, 0) is 30.7 Å². The molecule has 1 heterocycles. The molecular formula is C14H10N2O4. The number of carboxylic acids is 1. The maximum absolute atomic E-state index is 11.9. The number of rotatable bonds is 3. The topological polar surface area (TPSA) is 103 Å². The summed E-state index contributed by atoms with van der Waals surface area (Å²) >= 11 is 0. The summed E-state index contributed by atoms with van der Waals surface area (Å²) in [5.41, 5.74) is 1.44. The minimum absolute atomic E-state index is 0.132. The molecule has 1 aromatic heterocycles. The highest BCUT2D eigenvalue weighted by atomic mass is 16.4. The first-order valence-corrected chi connectivity index (χ1v) is 5.67. The Labute approximate surface area is 114 Å². The van der Waals surface area contributed by atoms with Crippen LogP contribution in [-0.4, -0.2) is 17.0 Å². The lowest BCUT2D eigenvalue weighted by molar-refractivity contribution is 0.0660. The number of nitrogens with one attached hydrogen (secondary N) is 1. The van der Waals surface area contributed by atoms with Crippen LogP contribution in [-0.2, 0) is 0 Å². The van der Waals surface area contributed by atoms with Crippen LogP contribution in [0.3, 0.4) is 0 Å². The van der Waals surface area contributed by atoms with Crippen LogP contribution >= 0.6 is 0 Å². The summed E-state index contributed by atoms with van der Waals surface area (Å²) < 4.78 is 4.89. The highest BCUT2D eigenvalue weighted by molar-refractivity contribution is 6.03. The largest absolute Gasteiger partial charge is 0.475 e. The van der Waals surface area contributed by atoms with Crippen molar-refractivity contribution in [2.75, 3.05) is 5.32 Å². The second kappa shape index (κ2) is 5.28. The van der Waals surface area contributed by atoms with Crippen molar-refractivity contribution in [1.82, 2.24) is 0 Å². The molecule has 100 valence electrons. The minimum Gasteiger partial charge on any atom is -0.475 e. The van der Waals surface area contributed by atoms with Gasteiger partial charge >= 0.3 is 5.97 Å². The molecular weight excluding hydrogens is 260 g/mol. The Morgan fingerprint density at radius 1 is 1.25 bits per heavy atom. The van der Waals surface area contributed by atoms with Gasteiger partial charge in [0.05, 0.1) is 11.3 Å². The fourth-order valence-corrected chi connectivity index (χ4v) is 1.68. The van der Waals surface area contributed by atoms with E-state index in [1.54, 1.807) is 25.1 Å². The van der Waals surface area contributed by atoms with Gasteiger partial charge in [-0.1, -0.05) is 12.1 Å². The number of carbonyl (C=O) groups excluding carboxylic acids is 1. The SMILES string of the molecule is Cc1cccc(NC(=O)c2ccc(C(=O)O)o2)c1C#N. The van der Waals surface area contributed by atoms with Gasteiger partial charge < -0.3 is 14.8 Å². The molecule has 0 aliphatic heterocycles. The second-order valence-electron chi connectivity index (χ2n) is 4.03. The molecule has 0 unspecified atom stereocenters. The standard InChI is InChI=1S/C14H10N2O4/c1-8-3-2-4-10(9(8)7-15)16-13(17)11-5-6-12(20-11)14(18)19/h2-6H,1H3,(H,16,17)(H,18,19). The average Bonchev–Trinajstić information content (AvgIpc) is 2.89. The summed E-state index contributed by atoms with van der Waals surface area (Å²) in [4.78, 5) is 22.6. The fourth-order valence-electron chi connectivity index (χ4n) is 1.68. The van der Waals surface area contributed by atoms with E-state index < -0.39 is 11.9 Å². The molecule has 0 saturated carbocycles. The van der Waals surface area contributed by atoms with Crippen LogP contribution in [0.4, 0.5) is 5.69 Å². The molecule has 0 spiro atoms. The predicted molar refractivity (Wildman–Crippen MR) is 69.5 cm³/mol. The summed E-state index contributed by atoms with van der Waals surface area (Å²) in [6, 6.07) is 9.51. The number of carboxylic acid groups (broad SMARTS) is 1. The van der Waals surface area contributed by atoms with Gasteiger partial charge in [0.1, 0.15) is 6.07 Å². The molecule has 2 aromatic rings. The smallest absolute Gasteiger partial charge is 0.371 e. The Morgan fingerprint density at radius 2 is 1.95 bits per heavy atom. The van der Waals surface area contributed by atoms with Gasteiger partial charge in [0.15, 0.2) is 5.76 Å². The van der Waals surface area contributed by atoms with E-state index in [9.17, 15) is 9.59 Å². The number of hydrogen-bond donors (Lipinski definition) is 2. The van der Waals surface area contributed by atoms with E-state index in [0.717, 1.165) is 5.56 Å². The molecule has 0 atom stereocenters. The van der Waals surface area contributed by atoms with Crippen LogP contribution in [0, 0.1) is 18.3 Å². The first-order valence-electron chi connectivity index (χ1n) is 5.67. The number of amides is 1. The number of aromatic carboxylic acids is 1. The number of anilines is 1. The van der Waals surface area contributed by atoms with Gasteiger partial charge in [-0.3, -0.25) is 4.79 Å². The monoisotopic (exact) mass is 270 g/mol. The molecule has 6 nitrogen and oxygen atoms in total. The molecule has 0 radical (unpaired) electrons. The van der Waals surface area contributed by atoms with Crippen molar-refractivity contribution in [2.24, 2.45) is 0 Å². The number of nitriles is 1. The Kier molecular flexibility index (Phi) is 3.53. The molecule has 0 bridgehead atoms. The van der Waals surface area contributed by atoms with Crippen LogP contribution in [0.5, 0.6) is 0 Å². The third-order valence-corrected chi connectivity index (χ3v) is 2.67. The van der Waals surface area contributed by atoms with E-state index in [1.807, 2.05) is 6.07 Å². The Hall–Kier alpha value is -3.07. The van der Waals surface area contributed by atoms with Gasteiger partial charge in [0.25, 0.3) is 5.91 Å². The zero-order valence-electron chi connectivity index (χ0n) is 10.5. The van der Waals surface area contributed by atoms with Gasteiger partial charge in [-0.2, -0.15) is 5.26 Å². The number of aryl methyl sites for hydroxylation is 1. The van der Waals surface area contributed by atoms with Gasteiger partial charge in [-0.25, -0.2) is 4.79 Å². The fraction of sp³-hybridized carbons (Fsp3) is 0.0714. The molecule has 1 amide bonds. The van der Waals surface area contributed by atoms with Crippen molar-refractivity contribution in [3.8, 4) is 6.07 Å². The van der Waals surface area contributed by atoms with E-state index >= 15 is 0 Å². The molecule has 1 aromatic carbocycles. The molecule has 2 rings (SSSR count). The lowest BCUT2D eigenvalue weighted by Gasteiger charge is -2.07. The Morgan fingerprint density at radius 3 is 2.55 bits per heavy atom. The summed E-state index contributed by atoms with van der Waals surface area (Å²) in [7, 11) is 0. The number of benzene rings is 1. The first-order chi connectivity index (χ1) is 9.52. The molecule has 0 saturated heterocycles. The molecule has 0 fully saturated rings. The Balaban J connectivity index is 2.26. The summed E-state index contributed by atoms with van der Waals surface area (Å²) in [5, 5.41) is 20.3. The van der Waals surface area contributed by atoms with Gasteiger partial charge in [-0.15, -0.1) is 0 Å². The van der Waals surface area contributed by atoms with Gasteiger partial charge in [0.2, 0.25) is 5.76 Å². The van der Waals surface area contributed by atoms with Crippen molar-refractivity contribution < 1.29 is 19.1 Å². The van der Waals surface area contributed by atoms with Crippen LogP contribution in [0.1, 0.15) is 32.2 Å². The van der Waals surface area contributed by atoms with Crippen molar-refractivity contribution in [3.05, 3.63) is 53.0 Å². The lowest BCUT2D eigenvalue weighted by Crippen LogP contribution is -2.12. The van der Waals surface area contributed by atoms with E-state index in [4.69, 9.17) is 14.8 Å². The maximum atomic E-state index is 11.9. The minimum atomic E-state index is -1.25. The quantitative estimate of drug-likeness (QED) is 0.891. The molecule has 2 N–H and O–H groups in total. The zero-order chi connectivity index (χ0) is 14.7. The molecule has 0 aliphatic rings. The second-order valence-corrected chi connectivity index (χ2v) is 4.03. The first kappa shape index (κ1) is 13.4. The third kappa shape index (κ3) is 2.52. The van der Waals surface area contributed by atoms with Crippen molar-refractivity contribution >= 4 is 17.6 Å². The summed E-state index contributed by atoms with van der Waals surface area (Å²) in [6.45, 7) is 1.75. The van der Waals surface area contributed by atoms with Crippen LogP contribution in [0.25, 0.3) is 0 Å². The van der Waals surface area contributed by atoms with Crippen molar-refractivity contribution in [1.29, 1.82) is 5.26 Å². The predicted octanol–water partition coefficient (Wildman–Crippen LogP) is 2.41. The van der Waals surface area contributed by atoms with Crippen LogP contribution < -0.4 is 5.32 Å². The third-order valence-electron chi connectivity index (χ3n) is 2.67. The van der Waals surface area contributed by atoms with E-state index in [2.05, 4.69) is 5.32 Å². The van der Waals surface area contributed by atoms with E-state index in [-0.39, 0.29) is 11.5 Å². The van der Waals surface area contributed by atoms with Gasteiger partial charge in [0, 0.05) is 0 Å². The normalized spacial score (nSPS) is 9.80. The van der Waals surface area contributed by atoms with Crippen molar-refractivity contribution in [2.45, 2.75) is 6.92 Å². The summed E-state index contributed by atoms with van der Waals surface area (Å²) in [6.07, 6.45) is 0. The number of hydrogen-bond acceptors (Lipinski definition) is 4. The average molecular weight is 270 g/mol. The number of furan rings is 1. The lowest BCUT2D eigenvalue weighted by atomic mass is 10.1. The highest BCUT2D eigenvalue weighted by Gasteiger charge is 2.16. The van der Waals surface area contributed by atoms with Crippen LogP contribution in [0.2, 0.25) is 0 Å². The molecule has 6 heteroatoms. The van der Waals surface area contributed by atoms with E-state index in [1.165, 1.54) is 12.1 Å². The summed E-state index contributed by atoms with van der Waals surface area (Å²) in [5.74, 6) is -2.32. The van der Waals surface area contributed by atoms with E-state index in [0.29, 0.717) is 11.3 Å². The number of nitrogens with zero attached hydrogens (tertiary/aromatic N) is 1. The zero-order valence-corrected chi connectivity index (χ0v) is 10.5. The maximum Gasteiger partial charge on any atom is 0.371 e. The van der Waals surface area contributed by atoms with Crippen molar-refractivity contribution in [3.63, 3.8) is 0 Å².